The van der Waals surface area contributed by atoms with E-state index >= 15 is 0 Å². The number of allylic oxidation sites excluding steroid dienone is 4. The molecule has 4 atom stereocenters. The van der Waals surface area contributed by atoms with Crippen LogP contribution in [-0.2, 0) is 16.6 Å². The second kappa shape index (κ2) is 17.9. The Morgan fingerprint density at radius 2 is 1.79 bits per heavy atom. The van der Waals surface area contributed by atoms with Gasteiger partial charge in [0.1, 0.15) is 11.9 Å². The van der Waals surface area contributed by atoms with Gasteiger partial charge in [0.05, 0.1) is 34.4 Å². The van der Waals surface area contributed by atoms with Crippen LogP contribution in [0.15, 0.2) is 47.9 Å². The van der Waals surface area contributed by atoms with Crippen LogP contribution in [0, 0.1) is 22.2 Å². The van der Waals surface area contributed by atoms with E-state index in [1.165, 1.54) is 0 Å². The number of alkyl halides is 2. The molecular weight excluding hydrogens is 805 g/mol. The molecule has 6 heterocycles. The molecule has 2 aromatic rings. The lowest BCUT2D eigenvalue weighted by Crippen LogP contribution is -2.60. The molecule has 1 aliphatic carbocycles. The highest BCUT2D eigenvalue weighted by atomic mass is 19.3. The van der Waals surface area contributed by atoms with E-state index in [1.54, 1.807) is 54.3 Å². The number of nitroso groups, excluding NO2 is 1. The van der Waals surface area contributed by atoms with Gasteiger partial charge in [0.15, 0.2) is 0 Å². The molecule has 3 saturated heterocycles. The van der Waals surface area contributed by atoms with E-state index in [2.05, 4.69) is 21.0 Å². The average Bonchev–Trinajstić information content (AvgIpc) is 3.83. The van der Waals surface area contributed by atoms with Crippen LogP contribution in [0.25, 0.3) is 5.57 Å². The summed E-state index contributed by atoms with van der Waals surface area (Å²) in [5, 5.41) is 23.5. The number of carbonyl (C=O) groups is 5. The SMILES string of the molecule is CNC(=O)N1CCC(NC2CCN(C(=O)CCNc3cccc4c3C(=O)N(C3CCC(=O)[N+](=O)C3)C4=O)CC2)C(C(=N)N2CCCC3=C2CC(C(F)F)C(c2cnn(C)c2)=C3)C1. The Balaban J connectivity index is 0.883. The lowest BCUT2D eigenvalue weighted by molar-refractivity contribution is -0.481. The maximum Gasteiger partial charge on any atom is 0.433 e. The molecule has 0 spiro atoms. The summed E-state index contributed by atoms with van der Waals surface area (Å²) < 4.78 is 31.3. The first-order valence-corrected chi connectivity index (χ1v) is 21.6. The molecule has 0 radical (unpaired) electrons. The highest BCUT2D eigenvalue weighted by Gasteiger charge is 2.47. The minimum absolute atomic E-state index is 0.0367. The number of hydrogen-bond donors (Lipinski definition) is 4. The number of halogens is 2. The summed E-state index contributed by atoms with van der Waals surface area (Å²) in [6, 6.07) is 3.86. The fraction of sp³-hybridized carbons (Fsp3) is 0.558. The number of amidine groups is 1. The maximum absolute atomic E-state index is 14.7. The molecule has 0 saturated carbocycles. The highest BCUT2D eigenvalue weighted by molar-refractivity contribution is 6.24. The first kappa shape index (κ1) is 42.8. The van der Waals surface area contributed by atoms with Crippen molar-refractivity contribution in [1.82, 2.24) is 40.0 Å². The molecule has 4 unspecified atom stereocenters. The van der Waals surface area contributed by atoms with Gasteiger partial charge in [-0.1, -0.05) is 12.1 Å². The van der Waals surface area contributed by atoms with E-state index in [-0.39, 0.29) is 73.9 Å². The van der Waals surface area contributed by atoms with Crippen molar-refractivity contribution in [3.05, 3.63) is 69.5 Å². The van der Waals surface area contributed by atoms with Gasteiger partial charge in [0.2, 0.25) is 18.9 Å². The maximum atomic E-state index is 14.7. The zero-order valence-corrected chi connectivity index (χ0v) is 35.1. The van der Waals surface area contributed by atoms with E-state index in [4.69, 9.17) is 0 Å². The second-order valence-electron chi connectivity index (χ2n) is 17.1. The first-order chi connectivity index (χ1) is 29.8. The molecular formula is C43H54F2N11O6+. The van der Waals surface area contributed by atoms with Crippen LogP contribution in [0.5, 0.6) is 0 Å². The number of anilines is 1. The predicted octanol–water partition coefficient (Wildman–Crippen LogP) is 3.59. The van der Waals surface area contributed by atoms with Gasteiger partial charge in [-0.15, -0.1) is 0 Å². The Labute approximate surface area is 358 Å². The quantitative estimate of drug-likeness (QED) is 0.119. The van der Waals surface area contributed by atoms with Crippen LogP contribution in [0.4, 0.5) is 19.3 Å². The summed E-state index contributed by atoms with van der Waals surface area (Å²) >= 11 is 0. The molecule has 4 N–H and O–H groups in total. The van der Waals surface area contributed by atoms with Gasteiger partial charge < -0.3 is 30.7 Å². The minimum atomic E-state index is -2.60. The van der Waals surface area contributed by atoms with Crippen molar-refractivity contribution in [2.24, 2.45) is 18.9 Å². The van der Waals surface area contributed by atoms with Gasteiger partial charge >= 0.3 is 11.9 Å². The minimum Gasteiger partial charge on any atom is -0.384 e. The molecule has 330 valence electrons. The zero-order valence-electron chi connectivity index (χ0n) is 35.1. The molecule has 6 aliphatic rings. The molecule has 17 nitrogen and oxygen atoms in total. The number of likely N-dealkylation sites (tertiary alicyclic amines) is 2. The number of nitrogens with one attached hydrogen (secondary N) is 4. The molecule has 19 heteroatoms. The van der Waals surface area contributed by atoms with Crippen molar-refractivity contribution in [2.75, 3.05) is 58.2 Å². The third-order valence-corrected chi connectivity index (χ3v) is 13.4. The summed E-state index contributed by atoms with van der Waals surface area (Å²) in [6.45, 7) is 2.33. The molecule has 1 aromatic heterocycles. The van der Waals surface area contributed by atoms with Crippen molar-refractivity contribution in [1.29, 1.82) is 5.41 Å². The standard InChI is InChI=1S/C43H53F2N11O6/c1-47-43(61)53-18-13-33(32(24-53)40(46)54-15-4-5-25-19-30(26-21-49-51(2)22-26)31(39(44)45)20-35(25)54)50-27-11-16-52(17-12-27)36(57)10-14-48-34-7-3-6-29-38(34)42(60)56(41(29)59)28-8-9-37(58)55(62)23-28/h3,6-7,19,21-22,27-28,31-33,39,46,50H,4-5,8-18,20,23-24H2,1-2H3,(H-,47,48,60,61)/p+1. The topological polar surface area (TPSA) is 196 Å². The number of carbonyl (C=O) groups excluding carboxylic acids is 5. The van der Waals surface area contributed by atoms with Gasteiger partial charge in [-0.25, -0.2) is 18.4 Å². The number of rotatable bonds is 10. The third-order valence-electron chi connectivity index (χ3n) is 13.4. The van der Waals surface area contributed by atoms with Crippen LogP contribution < -0.4 is 16.0 Å². The van der Waals surface area contributed by atoms with Crippen LogP contribution in [0.1, 0.15) is 84.1 Å². The van der Waals surface area contributed by atoms with Crippen molar-refractivity contribution in [3.63, 3.8) is 0 Å². The third kappa shape index (κ3) is 8.37. The van der Waals surface area contributed by atoms with Gasteiger partial charge in [-0.2, -0.15) is 5.10 Å². The van der Waals surface area contributed by atoms with Crippen molar-refractivity contribution < 1.29 is 37.5 Å². The first-order valence-electron chi connectivity index (χ1n) is 21.6. The molecule has 62 heavy (non-hydrogen) atoms. The number of urea groups is 1. The molecule has 5 aliphatic heterocycles. The van der Waals surface area contributed by atoms with Gasteiger partial charge in [0.25, 0.3) is 11.8 Å². The monoisotopic (exact) mass is 858 g/mol. The Morgan fingerprint density at radius 3 is 2.50 bits per heavy atom. The summed E-state index contributed by atoms with van der Waals surface area (Å²) in [6.07, 6.45) is 6.56. The van der Waals surface area contributed by atoms with Crippen molar-refractivity contribution in [3.8, 4) is 0 Å². The fourth-order valence-electron chi connectivity index (χ4n) is 10.1. The van der Waals surface area contributed by atoms with E-state index in [0.29, 0.717) is 79.4 Å². The number of piperidine rings is 3. The smallest absolute Gasteiger partial charge is 0.384 e. The summed E-state index contributed by atoms with van der Waals surface area (Å²) in [7, 11) is 3.34. The molecule has 6 amide bonds. The number of aryl methyl sites for hydroxylation is 1. The second-order valence-corrected chi connectivity index (χ2v) is 17.1. The number of hydrogen-bond acceptors (Lipinski definition) is 10. The Kier molecular flexibility index (Phi) is 12.3. The predicted molar refractivity (Wildman–Crippen MR) is 223 cm³/mol. The van der Waals surface area contributed by atoms with Gasteiger partial charge in [0, 0.05) is 112 Å². The summed E-state index contributed by atoms with van der Waals surface area (Å²) in [4.78, 5) is 83.3. The number of fused-ring (bicyclic) bond motifs is 1. The highest BCUT2D eigenvalue weighted by Crippen LogP contribution is 2.43. The Bertz CT molecular complexity index is 2230. The normalized spacial score (nSPS) is 24.7. The molecule has 8 rings (SSSR count). The summed E-state index contributed by atoms with van der Waals surface area (Å²) in [5.74, 6) is -2.77. The number of benzene rings is 1. The van der Waals surface area contributed by atoms with Crippen LogP contribution >= 0.6 is 0 Å². The lowest BCUT2D eigenvalue weighted by Gasteiger charge is -2.46. The number of imide groups is 1. The van der Waals surface area contributed by atoms with E-state index < -0.39 is 42.0 Å². The Morgan fingerprint density at radius 1 is 1.02 bits per heavy atom. The van der Waals surface area contributed by atoms with E-state index in [0.717, 1.165) is 29.0 Å². The van der Waals surface area contributed by atoms with E-state index in [9.17, 15) is 43.1 Å². The van der Waals surface area contributed by atoms with Gasteiger partial charge in [-0.05, 0) is 61.8 Å². The largest absolute Gasteiger partial charge is 0.433 e. The Hall–Kier alpha value is -5.85. The lowest BCUT2D eigenvalue weighted by atomic mass is 9.80. The molecule has 3 fully saturated rings. The molecule has 0 bridgehead atoms. The zero-order chi connectivity index (χ0) is 43.8. The fourth-order valence-corrected chi connectivity index (χ4v) is 10.1. The number of amides is 6. The van der Waals surface area contributed by atoms with Crippen molar-refractivity contribution >= 4 is 46.8 Å². The number of aromatic nitrogens is 2. The molecule has 1 aromatic carbocycles. The van der Waals surface area contributed by atoms with Crippen LogP contribution in [-0.4, -0.2) is 147 Å². The van der Waals surface area contributed by atoms with Crippen LogP contribution in [0.3, 0.4) is 0 Å². The van der Waals surface area contributed by atoms with Crippen molar-refractivity contribution in [2.45, 2.75) is 82.3 Å². The van der Waals surface area contributed by atoms with E-state index in [1.807, 2.05) is 15.9 Å². The average molecular weight is 859 g/mol. The van der Waals surface area contributed by atoms with Crippen LogP contribution in [0.2, 0.25) is 0 Å². The summed E-state index contributed by atoms with van der Waals surface area (Å²) in [5.41, 5.74) is 3.79. The van der Waals surface area contributed by atoms with Gasteiger partial charge in [-0.3, -0.25) is 29.4 Å². The number of nitrogens with zero attached hydrogens (tertiary/aromatic N) is 7.